The van der Waals surface area contributed by atoms with Gasteiger partial charge in [0, 0.05) is 13.1 Å². The van der Waals surface area contributed by atoms with Crippen molar-refractivity contribution >= 4 is 11.9 Å². The number of amides is 1. The minimum Gasteiger partial charge on any atom is -0.481 e. The number of piperidine rings is 1. The Kier molecular flexibility index (Phi) is 4.05. The van der Waals surface area contributed by atoms with E-state index in [0.29, 0.717) is 13.1 Å². The number of nitrogens with zero attached hydrogens (tertiary/aromatic N) is 1. The van der Waals surface area contributed by atoms with Crippen LogP contribution in [0.2, 0.25) is 0 Å². The zero-order valence-corrected chi connectivity index (χ0v) is 11.7. The number of hydrogen-bond acceptors (Lipinski definition) is 3. The van der Waals surface area contributed by atoms with E-state index < -0.39 is 16.9 Å². The third kappa shape index (κ3) is 3.02. The van der Waals surface area contributed by atoms with Gasteiger partial charge in [-0.2, -0.15) is 0 Å². The molecule has 0 aromatic heterocycles. The molecule has 1 unspecified atom stereocenters. The number of rotatable bonds is 3. The Balaban J connectivity index is 2.79. The normalized spacial score (nSPS) is 21.8. The summed E-state index contributed by atoms with van der Waals surface area (Å²) in [6.07, 6.45) is 1.68. The molecule has 1 amide bonds. The highest BCUT2D eigenvalue weighted by Gasteiger charge is 2.41. The van der Waals surface area contributed by atoms with Crippen molar-refractivity contribution in [3.63, 3.8) is 0 Å². The molecule has 1 aliphatic rings. The van der Waals surface area contributed by atoms with E-state index in [-0.39, 0.29) is 11.8 Å². The number of aliphatic carboxylic acids is 1. The topological polar surface area (TPSA) is 83.6 Å². The van der Waals surface area contributed by atoms with Crippen LogP contribution < -0.4 is 5.73 Å². The summed E-state index contributed by atoms with van der Waals surface area (Å²) in [5.41, 5.74) is 4.12. The SMILES string of the molecule is CC(C)(N)C(=O)N1CCCC(C(C)(C)C(=O)O)C1. The first-order valence-corrected chi connectivity index (χ1v) is 6.38. The Hall–Kier alpha value is -1.10. The summed E-state index contributed by atoms with van der Waals surface area (Å²) < 4.78 is 0. The monoisotopic (exact) mass is 256 g/mol. The Bertz CT molecular complexity index is 345. The smallest absolute Gasteiger partial charge is 0.309 e. The largest absolute Gasteiger partial charge is 0.481 e. The molecule has 104 valence electrons. The summed E-state index contributed by atoms with van der Waals surface area (Å²) in [5.74, 6) is -0.933. The Morgan fingerprint density at radius 3 is 2.28 bits per heavy atom. The van der Waals surface area contributed by atoms with Crippen molar-refractivity contribution in [2.24, 2.45) is 17.1 Å². The van der Waals surface area contributed by atoms with Gasteiger partial charge < -0.3 is 15.7 Å². The van der Waals surface area contributed by atoms with E-state index in [4.69, 9.17) is 5.73 Å². The second kappa shape index (κ2) is 4.88. The molecule has 0 aromatic rings. The maximum Gasteiger partial charge on any atom is 0.309 e. The van der Waals surface area contributed by atoms with Gasteiger partial charge in [-0.3, -0.25) is 9.59 Å². The van der Waals surface area contributed by atoms with Gasteiger partial charge in [-0.15, -0.1) is 0 Å². The molecule has 0 spiro atoms. The molecule has 1 fully saturated rings. The first-order chi connectivity index (χ1) is 8.06. The molecule has 1 aliphatic heterocycles. The fourth-order valence-electron chi connectivity index (χ4n) is 2.33. The van der Waals surface area contributed by atoms with Crippen molar-refractivity contribution in [2.45, 2.75) is 46.1 Å². The number of carbonyl (C=O) groups excluding carboxylic acids is 1. The second-order valence-electron chi connectivity index (χ2n) is 6.34. The molecule has 0 radical (unpaired) electrons. The Morgan fingerprint density at radius 1 is 1.28 bits per heavy atom. The lowest BCUT2D eigenvalue weighted by Crippen LogP contribution is -2.55. The molecule has 1 rings (SSSR count). The molecule has 3 N–H and O–H groups in total. The van der Waals surface area contributed by atoms with Gasteiger partial charge in [0.05, 0.1) is 11.0 Å². The maximum absolute atomic E-state index is 12.1. The van der Waals surface area contributed by atoms with E-state index in [1.165, 1.54) is 0 Å². The highest BCUT2D eigenvalue weighted by Crippen LogP contribution is 2.34. The highest BCUT2D eigenvalue weighted by atomic mass is 16.4. The van der Waals surface area contributed by atoms with E-state index in [9.17, 15) is 14.7 Å². The fourth-order valence-corrected chi connectivity index (χ4v) is 2.33. The zero-order chi connectivity index (χ0) is 14.1. The van der Waals surface area contributed by atoms with Gasteiger partial charge in [-0.05, 0) is 46.5 Å². The minimum absolute atomic E-state index is 0.0185. The molecule has 1 heterocycles. The number of carbonyl (C=O) groups is 2. The van der Waals surface area contributed by atoms with Crippen LogP contribution in [0.4, 0.5) is 0 Å². The van der Waals surface area contributed by atoms with Gasteiger partial charge in [0.15, 0.2) is 0 Å². The van der Waals surface area contributed by atoms with E-state index in [2.05, 4.69) is 0 Å². The first-order valence-electron chi connectivity index (χ1n) is 6.38. The van der Waals surface area contributed by atoms with Crippen LogP contribution >= 0.6 is 0 Å². The summed E-state index contributed by atoms with van der Waals surface area (Å²) in [5, 5.41) is 9.25. The molecule has 5 heteroatoms. The van der Waals surface area contributed by atoms with Crippen molar-refractivity contribution in [3.05, 3.63) is 0 Å². The van der Waals surface area contributed by atoms with Crippen LogP contribution in [-0.2, 0) is 9.59 Å². The van der Waals surface area contributed by atoms with Gasteiger partial charge in [-0.1, -0.05) is 0 Å². The molecule has 0 aliphatic carbocycles. The van der Waals surface area contributed by atoms with Crippen LogP contribution in [0.3, 0.4) is 0 Å². The van der Waals surface area contributed by atoms with Gasteiger partial charge in [0.2, 0.25) is 5.91 Å². The van der Waals surface area contributed by atoms with Crippen molar-refractivity contribution in [1.29, 1.82) is 0 Å². The third-order valence-corrected chi connectivity index (χ3v) is 3.83. The van der Waals surface area contributed by atoms with Crippen LogP contribution in [0.1, 0.15) is 40.5 Å². The molecule has 5 nitrogen and oxygen atoms in total. The van der Waals surface area contributed by atoms with Crippen LogP contribution in [-0.4, -0.2) is 40.5 Å². The summed E-state index contributed by atoms with van der Waals surface area (Å²) in [6, 6.07) is 0. The average molecular weight is 256 g/mol. The van der Waals surface area contributed by atoms with Gasteiger partial charge in [0.25, 0.3) is 0 Å². The number of likely N-dealkylation sites (tertiary alicyclic amines) is 1. The summed E-state index contributed by atoms with van der Waals surface area (Å²) in [4.78, 5) is 25.1. The van der Waals surface area contributed by atoms with Crippen molar-refractivity contribution in [3.8, 4) is 0 Å². The third-order valence-electron chi connectivity index (χ3n) is 3.83. The standard InChI is InChI=1S/C13H24N2O3/c1-12(2,11(17)18)9-6-5-7-15(8-9)10(16)13(3,4)14/h9H,5-8,14H2,1-4H3,(H,17,18). The fraction of sp³-hybridized carbons (Fsp3) is 0.846. The highest BCUT2D eigenvalue weighted by molar-refractivity contribution is 5.85. The molecule has 0 bridgehead atoms. The van der Waals surface area contributed by atoms with Crippen LogP contribution in [0, 0.1) is 11.3 Å². The summed E-state index contributed by atoms with van der Waals surface area (Å²) in [7, 11) is 0. The van der Waals surface area contributed by atoms with Gasteiger partial charge >= 0.3 is 5.97 Å². The summed E-state index contributed by atoms with van der Waals surface area (Å²) >= 11 is 0. The van der Waals surface area contributed by atoms with E-state index in [1.54, 1.807) is 32.6 Å². The van der Waals surface area contributed by atoms with E-state index in [0.717, 1.165) is 12.8 Å². The predicted molar refractivity (Wildman–Crippen MR) is 69.0 cm³/mol. The Morgan fingerprint density at radius 2 is 1.83 bits per heavy atom. The number of carboxylic acids is 1. The quantitative estimate of drug-likeness (QED) is 0.791. The lowest BCUT2D eigenvalue weighted by Gasteiger charge is -2.41. The molecule has 1 atom stereocenters. The summed E-state index contributed by atoms with van der Waals surface area (Å²) in [6.45, 7) is 7.97. The lowest BCUT2D eigenvalue weighted by atomic mass is 9.74. The van der Waals surface area contributed by atoms with E-state index >= 15 is 0 Å². The second-order valence-corrected chi connectivity index (χ2v) is 6.34. The number of carboxylic acid groups (broad SMARTS) is 1. The zero-order valence-electron chi connectivity index (χ0n) is 11.7. The Labute approximate surface area is 108 Å². The minimum atomic E-state index is -0.894. The molecule has 1 saturated heterocycles. The molecular weight excluding hydrogens is 232 g/mol. The number of hydrogen-bond donors (Lipinski definition) is 2. The van der Waals surface area contributed by atoms with Gasteiger partial charge in [-0.25, -0.2) is 0 Å². The van der Waals surface area contributed by atoms with Crippen molar-refractivity contribution < 1.29 is 14.7 Å². The number of nitrogens with two attached hydrogens (primary N) is 1. The van der Waals surface area contributed by atoms with Gasteiger partial charge in [0.1, 0.15) is 0 Å². The lowest BCUT2D eigenvalue weighted by molar-refractivity contribution is -0.153. The molecule has 0 saturated carbocycles. The average Bonchev–Trinajstić information content (AvgIpc) is 2.26. The molecule has 18 heavy (non-hydrogen) atoms. The van der Waals surface area contributed by atoms with Crippen molar-refractivity contribution in [1.82, 2.24) is 4.90 Å². The van der Waals surface area contributed by atoms with Crippen LogP contribution in [0.5, 0.6) is 0 Å². The van der Waals surface area contributed by atoms with E-state index in [1.807, 2.05) is 0 Å². The predicted octanol–water partition coefficient (Wildman–Crippen LogP) is 1.07. The first kappa shape index (κ1) is 15.0. The van der Waals surface area contributed by atoms with Crippen LogP contribution in [0.25, 0.3) is 0 Å². The molecule has 0 aromatic carbocycles. The van der Waals surface area contributed by atoms with Crippen LogP contribution in [0.15, 0.2) is 0 Å². The maximum atomic E-state index is 12.1. The van der Waals surface area contributed by atoms with Crippen molar-refractivity contribution in [2.75, 3.05) is 13.1 Å². The molecular formula is C13H24N2O3.